The largest absolute Gasteiger partial charge is 0.492 e. The van der Waals surface area contributed by atoms with E-state index < -0.39 is 0 Å². The normalized spacial score (nSPS) is 18.9. The summed E-state index contributed by atoms with van der Waals surface area (Å²) in [5.74, 6) is 2.33. The summed E-state index contributed by atoms with van der Waals surface area (Å²) in [5.41, 5.74) is 2.84. The molecule has 2 amide bonds. The molecule has 188 valence electrons. The Labute approximate surface area is 208 Å². The number of aromatic amines is 1. The fraction of sp³-hybridized carbons (Fsp3) is 0.462. The van der Waals surface area contributed by atoms with Crippen LogP contribution >= 0.6 is 0 Å². The quantitative estimate of drug-likeness (QED) is 0.521. The third-order valence-corrected chi connectivity index (χ3v) is 7.03. The lowest BCUT2D eigenvalue weighted by Crippen LogP contribution is -2.49. The SMILES string of the molecule is CCC(=O)N1CCC[C@H](NC(=O)c2c[nH]c3c(-c4c(OCC5CC5)ccc5c4OCO5)ncnc23)C1. The van der Waals surface area contributed by atoms with E-state index >= 15 is 0 Å². The van der Waals surface area contributed by atoms with Crippen LogP contribution in [0, 0.1) is 5.92 Å². The van der Waals surface area contributed by atoms with Crippen molar-refractivity contribution in [3.63, 3.8) is 0 Å². The van der Waals surface area contributed by atoms with E-state index in [0.717, 1.165) is 19.4 Å². The molecule has 4 heterocycles. The first-order valence-corrected chi connectivity index (χ1v) is 12.6. The number of carbonyl (C=O) groups is 2. The van der Waals surface area contributed by atoms with Gasteiger partial charge in [0.05, 0.1) is 23.3 Å². The number of benzene rings is 1. The van der Waals surface area contributed by atoms with Crippen molar-refractivity contribution in [3.05, 3.63) is 30.2 Å². The summed E-state index contributed by atoms with van der Waals surface area (Å²) >= 11 is 0. The summed E-state index contributed by atoms with van der Waals surface area (Å²) in [7, 11) is 0. The fourth-order valence-corrected chi connectivity index (χ4v) is 4.90. The maximum atomic E-state index is 13.3. The summed E-state index contributed by atoms with van der Waals surface area (Å²) in [6.07, 6.45) is 7.62. The molecule has 1 aliphatic carbocycles. The van der Waals surface area contributed by atoms with Gasteiger partial charge in [-0.15, -0.1) is 0 Å². The number of nitrogens with one attached hydrogen (secondary N) is 2. The number of amides is 2. The maximum absolute atomic E-state index is 13.3. The van der Waals surface area contributed by atoms with Gasteiger partial charge in [0.1, 0.15) is 23.3 Å². The number of fused-ring (bicyclic) bond motifs is 2. The van der Waals surface area contributed by atoms with Crippen LogP contribution in [0.5, 0.6) is 17.2 Å². The van der Waals surface area contributed by atoms with Crippen LogP contribution in [-0.4, -0.2) is 64.2 Å². The van der Waals surface area contributed by atoms with Gasteiger partial charge in [-0.25, -0.2) is 9.97 Å². The predicted molar refractivity (Wildman–Crippen MR) is 131 cm³/mol. The molecule has 0 bridgehead atoms. The van der Waals surface area contributed by atoms with E-state index in [4.69, 9.17) is 14.2 Å². The Bertz CT molecular complexity index is 1320. The van der Waals surface area contributed by atoms with E-state index in [-0.39, 0.29) is 24.6 Å². The highest BCUT2D eigenvalue weighted by Gasteiger charge is 2.30. The summed E-state index contributed by atoms with van der Waals surface area (Å²) in [6.45, 7) is 3.88. The molecule has 1 atom stereocenters. The molecule has 10 nitrogen and oxygen atoms in total. The topological polar surface area (TPSA) is 119 Å². The number of H-pyrrole nitrogens is 1. The zero-order valence-corrected chi connectivity index (χ0v) is 20.2. The molecule has 1 saturated carbocycles. The minimum atomic E-state index is -0.232. The first-order valence-electron chi connectivity index (χ1n) is 12.6. The number of likely N-dealkylation sites (tertiary alicyclic amines) is 1. The van der Waals surface area contributed by atoms with E-state index in [2.05, 4.69) is 20.3 Å². The molecule has 2 aliphatic heterocycles. The van der Waals surface area contributed by atoms with Gasteiger partial charge in [-0.1, -0.05) is 6.92 Å². The number of rotatable bonds is 7. The van der Waals surface area contributed by atoms with Crippen LogP contribution in [0.2, 0.25) is 0 Å². The third kappa shape index (κ3) is 4.20. The smallest absolute Gasteiger partial charge is 0.255 e. The van der Waals surface area contributed by atoms with Crippen molar-refractivity contribution in [1.29, 1.82) is 0 Å². The minimum Gasteiger partial charge on any atom is -0.492 e. The Morgan fingerprint density at radius 3 is 2.94 bits per heavy atom. The number of piperidine rings is 1. The highest BCUT2D eigenvalue weighted by molar-refractivity contribution is 6.08. The van der Waals surface area contributed by atoms with E-state index in [1.54, 1.807) is 6.20 Å². The van der Waals surface area contributed by atoms with E-state index in [1.165, 1.54) is 19.2 Å². The van der Waals surface area contributed by atoms with Gasteiger partial charge in [-0.3, -0.25) is 9.59 Å². The van der Waals surface area contributed by atoms with Crippen LogP contribution in [0.3, 0.4) is 0 Å². The summed E-state index contributed by atoms with van der Waals surface area (Å²) in [5, 5.41) is 3.09. The van der Waals surface area contributed by atoms with Crippen LogP contribution in [0.1, 0.15) is 49.4 Å². The van der Waals surface area contributed by atoms with Gasteiger partial charge in [-0.05, 0) is 43.7 Å². The number of ether oxygens (including phenoxy) is 3. The van der Waals surface area contributed by atoms with Crippen LogP contribution in [0.4, 0.5) is 0 Å². The molecule has 0 radical (unpaired) electrons. The number of carbonyl (C=O) groups excluding carboxylic acids is 2. The minimum absolute atomic E-state index is 0.0987. The average molecular weight is 492 g/mol. The molecule has 1 aromatic carbocycles. The lowest BCUT2D eigenvalue weighted by Gasteiger charge is -2.33. The molecule has 1 saturated heterocycles. The molecule has 36 heavy (non-hydrogen) atoms. The fourth-order valence-electron chi connectivity index (χ4n) is 4.90. The van der Waals surface area contributed by atoms with Crippen LogP contribution in [0.25, 0.3) is 22.3 Å². The first kappa shape index (κ1) is 22.6. The molecule has 6 rings (SSSR count). The average Bonchev–Trinajstić information content (AvgIpc) is 3.42. The monoisotopic (exact) mass is 491 g/mol. The van der Waals surface area contributed by atoms with E-state index in [1.807, 2.05) is 24.0 Å². The second-order valence-electron chi connectivity index (χ2n) is 9.58. The number of hydrogen-bond acceptors (Lipinski definition) is 7. The molecule has 3 aromatic rings. The van der Waals surface area contributed by atoms with Crippen molar-refractivity contribution in [2.24, 2.45) is 5.92 Å². The lowest BCUT2D eigenvalue weighted by atomic mass is 10.0. The molecular weight excluding hydrogens is 462 g/mol. The first-order chi connectivity index (χ1) is 17.6. The highest BCUT2D eigenvalue weighted by atomic mass is 16.7. The van der Waals surface area contributed by atoms with Crippen LogP contribution in [0.15, 0.2) is 24.7 Å². The number of hydrogen-bond donors (Lipinski definition) is 2. The van der Waals surface area contributed by atoms with Gasteiger partial charge in [0.2, 0.25) is 12.7 Å². The second kappa shape index (κ2) is 9.33. The van der Waals surface area contributed by atoms with Crippen molar-refractivity contribution >= 4 is 22.8 Å². The molecule has 0 unspecified atom stereocenters. The third-order valence-electron chi connectivity index (χ3n) is 7.03. The number of nitrogens with zero attached hydrogens (tertiary/aromatic N) is 3. The molecule has 2 N–H and O–H groups in total. The zero-order chi connectivity index (χ0) is 24.6. The van der Waals surface area contributed by atoms with Gasteiger partial charge in [-0.2, -0.15) is 0 Å². The lowest BCUT2D eigenvalue weighted by molar-refractivity contribution is -0.132. The Balaban J connectivity index is 1.31. The molecule has 0 spiro atoms. The number of aromatic nitrogens is 3. The van der Waals surface area contributed by atoms with Crippen molar-refractivity contribution in [1.82, 2.24) is 25.2 Å². The highest BCUT2D eigenvalue weighted by Crippen LogP contribution is 2.48. The molecule has 10 heteroatoms. The summed E-state index contributed by atoms with van der Waals surface area (Å²) < 4.78 is 17.6. The molecule has 3 aliphatic rings. The van der Waals surface area contributed by atoms with Gasteiger partial charge < -0.3 is 29.4 Å². The van der Waals surface area contributed by atoms with Crippen molar-refractivity contribution in [3.8, 4) is 28.5 Å². The Morgan fingerprint density at radius 1 is 1.22 bits per heavy atom. The van der Waals surface area contributed by atoms with Crippen molar-refractivity contribution in [2.75, 3.05) is 26.5 Å². The van der Waals surface area contributed by atoms with Gasteiger partial charge in [0.15, 0.2) is 11.5 Å². The Kier molecular flexibility index (Phi) is 5.86. The zero-order valence-electron chi connectivity index (χ0n) is 20.2. The van der Waals surface area contributed by atoms with Crippen LogP contribution in [-0.2, 0) is 4.79 Å². The van der Waals surface area contributed by atoms with E-state index in [0.29, 0.717) is 70.6 Å². The summed E-state index contributed by atoms with van der Waals surface area (Å²) in [6, 6.07) is 3.62. The molecule has 2 fully saturated rings. The van der Waals surface area contributed by atoms with Crippen LogP contribution < -0.4 is 19.5 Å². The molecule has 2 aromatic heterocycles. The Morgan fingerprint density at radius 2 is 2.11 bits per heavy atom. The predicted octanol–water partition coefficient (Wildman–Crippen LogP) is 3.27. The van der Waals surface area contributed by atoms with Crippen molar-refractivity contribution < 1.29 is 23.8 Å². The Hall–Kier alpha value is -3.82. The van der Waals surface area contributed by atoms with Gasteiger partial charge in [0, 0.05) is 31.7 Å². The van der Waals surface area contributed by atoms with Gasteiger partial charge in [0.25, 0.3) is 5.91 Å². The second-order valence-corrected chi connectivity index (χ2v) is 9.58. The van der Waals surface area contributed by atoms with E-state index in [9.17, 15) is 9.59 Å². The molecular formula is C26H29N5O5. The summed E-state index contributed by atoms with van der Waals surface area (Å²) in [4.78, 5) is 39.4. The standard InChI is InChI=1S/C26H29N5O5/c1-2-20(32)31-9-3-4-16(11-31)30-26(33)17-10-27-24-22(17)28-13-29-23(24)21-18(34-12-15-5-6-15)7-8-19-25(21)36-14-35-19/h7-8,10,13,15-16,27H,2-6,9,11-12,14H2,1H3,(H,30,33)/t16-/m0/s1. The maximum Gasteiger partial charge on any atom is 0.255 e. The van der Waals surface area contributed by atoms with Crippen molar-refractivity contribution in [2.45, 2.75) is 45.1 Å². The van der Waals surface area contributed by atoms with Gasteiger partial charge >= 0.3 is 0 Å².